The van der Waals surface area contributed by atoms with E-state index in [0.717, 1.165) is 5.69 Å². The van der Waals surface area contributed by atoms with E-state index in [-0.39, 0.29) is 23.9 Å². The minimum atomic E-state index is -0.245. The minimum Gasteiger partial charge on any atom is -0.393 e. The molecular weight excluding hydrogens is 308 g/mol. The Labute approximate surface area is 139 Å². The van der Waals surface area contributed by atoms with Gasteiger partial charge in [0, 0.05) is 37.5 Å². The number of amides is 1. The van der Waals surface area contributed by atoms with E-state index in [0.29, 0.717) is 37.3 Å². The molecule has 0 aromatic carbocycles. The first-order valence-corrected chi connectivity index (χ1v) is 7.86. The zero-order valence-corrected chi connectivity index (χ0v) is 13.1. The van der Waals surface area contributed by atoms with Crippen LogP contribution >= 0.6 is 0 Å². The molecule has 126 valence electrons. The molecule has 0 bridgehead atoms. The third-order valence-corrected chi connectivity index (χ3v) is 3.94. The molecule has 1 saturated carbocycles. The smallest absolute Gasteiger partial charge is 0.252 e. The number of hydrogen-bond acceptors (Lipinski definition) is 7. The first-order valence-electron chi connectivity index (χ1n) is 7.86. The van der Waals surface area contributed by atoms with Crippen molar-refractivity contribution in [3.05, 3.63) is 41.9 Å². The highest BCUT2D eigenvalue weighted by Gasteiger charge is 2.30. The van der Waals surface area contributed by atoms with Crippen molar-refractivity contribution >= 4 is 17.7 Å². The molecule has 0 unspecified atom stereocenters. The summed E-state index contributed by atoms with van der Waals surface area (Å²) < 4.78 is 0. The molecule has 1 amide bonds. The average molecular weight is 328 g/mol. The van der Waals surface area contributed by atoms with Crippen LogP contribution in [0.3, 0.4) is 0 Å². The monoisotopic (exact) mass is 328 g/mol. The van der Waals surface area contributed by atoms with Crippen molar-refractivity contribution in [1.82, 2.24) is 20.3 Å². The molecule has 1 fully saturated rings. The Hall–Kier alpha value is -2.74. The van der Waals surface area contributed by atoms with E-state index in [2.05, 4.69) is 25.6 Å². The second-order valence-electron chi connectivity index (χ2n) is 5.78. The Balaban J connectivity index is 1.49. The summed E-state index contributed by atoms with van der Waals surface area (Å²) in [5, 5.41) is 15.3. The van der Waals surface area contributed by atoms with Crippen LogP contribution < -0.4 is 16.4 Å². The highest BCUT2D eigenvalue weighted by Crippen LogP contribution is 2.36. The average Bonchev–Trinajstić information content (AvgIpc) is 2.56. The summed E-state index contributed by atoms with van der Waals surface area (Å²) >= 11 is 0. The molecule has 1 aliphatic carbocycles. The van der Waals surface area contributed by atoms with Crippen molar-refractivity contribution in [2.75, 3.05) is 24.1 Å². The number of nitrogens with zero attached hydrogens (tertiary/aromatic N) is 3. The second-order valence-corrected chi connectivity index (χ2v) is 5.78. The van der Waals surface area contributed by atoms with Crippen molar-refractivity contribution in [3.63, 3.8) is 0 Å². The predicted molar refractivity (Wildman–Crippen MR) is 89.5 cm³/mol. The van der Waals surface area contributed by atoms with E-state index in [1.807, 2.05) is 6.07 Å². The molecule has 0 aliphatic heterocycles. The molecule has 8 heteroatoms. The SMILES string of the molecule is Nc1nc(NCCNC(=O)c2cccnc2)cc(C2CC(O)C2)n1. The summed E-state index contributed by atoms with van der Waals surface area (Å²) in [6.07, 6.45) is 4.31. The summed E-state index contributed by atoms with van der Waals surface area (Å²) in [5.74, 6) is 0.887. The predicted octanol–water partition coefficient (Wildman–Crippen LogP) is 0.534. The third kappa shape index (κ3) is 3.96. The summed E-state index contributed by atoms with van der Waals surface area (Å²) in [6.45, 7) is 0.949. The summed E-state index contributed by atoms with van der Waals surface area (Å²) in [7, 11) is 0. The van der Waals surface area contributed by atoms with E-state index >= 15 is 0 Å². The molecule has 0 radical (unpaired) electrons. The van der Waals surface area contributed by atoms with Crippen LogP contribution in [0.1, 0.15) is 34.8 Å². The van der Waals surface area contributed by atoms with Crippen LogP contribution in [0.2, 0.25) is 0 Å². The maximum absolute atomic E-state index is 11.9. The van der Waals surface area contributed by atoms with Crippen LogP contribution in [0.5, 0.6) is 0 Å². The zero-order chi connectivity index (χ0) is 16.9. The van der Waals surface area contributed by atoms with Crippen LogP contribution in [0.15, 0.2) is 30.6 Å². The van der Waals surface area contributed by atoms with Crippen LogP contribution in [0, 0.1) is 0 Å². The fraction of sp³-hybridized carbons (Fsp3) is 0.375. The molecule has 1 aliphatic rings. The fourth-order valence-electron chi connectivity index (χ4n) is 2.58. The molecule has 2 aromatic rings. The van der Waals surface area contributed by atoms with Gasteiger partial charge in [-0.2, -0.15) is 4.98 Å². The minimum absolute atomic E-state index is 0.170. The molecule has 0 spiro atoms. The Kier molecular flexibility index (Phi) is 4.85. The number of pyridine rings is 1. The van der Waals surface area contributed by atoms with E-state index in [9.17, 15) is 9.90 Å². The lowest BCUT2D eigenvalue weighted by Crippen LogP contribution is -2.29. The third-order valence-electron chi connectivity index (χ3n) is 3.94. The van der Waals surface area contributed by atoms with Crippen molar-refractivity contribution in [2.45, 2.75) is 24.9 Å². The maximum atomic E-state index is 11.9. The number of nitrogens with two attached hydrogens (primary N) is 1. The Morgan fingerprint density at radius 2 is 2.17 bits per heavy atom. The van der Waals surface area contributed by atoms with Crippen molar-refractivity contribution in [3.8, 4) is 0 Å². The van der Waals surface area contributed by atoms with Crippen LogP contribution in [0.25, 0.3) is 0 Å². The van der Waals surface area contributed by atoms with E-state index in [1.54, 1.807) is 18.3 Å². The van der Waals surface area contributed by atoms with Gasteiger partial charge in [-0.05, 0) is 25.0 Å². The number of aliphatic hydroxyl groups is 1. The molecule has 2 heterocycles. The lowest BCUT2D eigenvalue weighted by Gasteiger charge is -2.30. The lowest BCUT2D eigenvalue weighted by atomic mass is 9.80. The van der Waals surface area contributed by atoms with Gasteiger partial charge in [-0.3, -0.25) is 9.78 Å². The van der Waals surface area contributed by atoms with Gasteiger partial charge in [0.1, 0.15) is 5.82 Å². The van der Waals surface area contributed by atoms with Crippen molar-refractivity contribution in [1.29, 1.82) is 0 Å². The van der Waals surface area contributed by atoms with Gasteiger partial charge in [0.05, 0.1) is 17.4 Å². The van der Waals surface area contributed by atoms with Crippen molar-refractivity contribution in [2.24, 2.45) is 0 Å². The number of hydrogen-bond donors (Lipinski definition) is 4. The van der Waals surface area contributed by atoms with E-state index in [1.165, 1.54) is 6.20 Å². The molecule has 24 heavy (non-hydrogen) atoms. The highest BCUT2D eigenvalue weighted by molar-refractivity contribution is 5.93. The quantitative estimate of drug-likeness (QED) is 0.570. The second kappa shape index (κ2) is 7.22. The number of aliphatic hydroxyl groups excluding tert-OH is 1. The van der Waals surface area contributed by atoms with Gasteiger partial charge in [0.15, 0.2) is 0 Å². The van der Waals surface area contributed by atoms with Crippen LogP contribution in [0.4, 0.5) is 11.8 Å². The fourth-order valence-corrected chi connectivity index (χ4v) is 2.58. The van der Waals surface area contributed by atoms with Crippen molar-refractivity contribution < 1.29 is 9.90 Å². The lowest BCUT2D eigenvalue weighted by molar-refractivity contribution is 0.0732. The molecule has 0 saturated heterocycles. The van der Waals surface area contributed by atoms with Crippen LogP contribution in [-0.2, 0) is 0 Å². The van der Waals surface area contributed by atoms with Gasteiger partial charge < -0.3 is 21.5 Å². The van der Waals surface area contributed by atoms with Gasteiger partial charge in [0.25, 0.3) is 5.91 Å². The first kappa shape index (κ1) is 16.1. The van der Waals surface area contributed by atoms with E-state index < -0.39 is 0 Å². The molecule has 2 aromatic heterocycles. The summed E-state index contributed by atoms with van der Waals surface area (Å²) in [5.41, 5.74) is 7.10. The Morgan fingerprint density at radius 1 is 1.33 bits per heavy atom. The summed E-state index contributed by atoms with van der Waals surface area (Å²) in [4.78, 5) is 24.2. The number of carbonyl (C=O) groups is 1. The number of carbonyl (C=O) groups excluding carboxylic acids is 1. The number of aromatic nitrogens is 3. The van der Waals surface area contributed by atoms with Crippen LogP contribution in [-0.4, -0.2) is 45.2 Å². The molecule has 8 nitrogen and oxygen atoms in total. The van der Waals surface area contributed by atoms with Gasteiger partial charge >= 0.3 is 0 Å². The highest BCUT2D eigenvalue weighted by atomic mass is 16.3. The number of nitrogen functional groups attached to an aromatic ring is 1. The largest absolute Gasteiger partial charge is 0.393 e. The summed E-state index contributed by atoms with van der Waals surface area (Å²) in [6, 6.07) is 5.27. The van der Waals surface area contributed by atoms with Gasteiger partial charge in [-0.15, -0.1) is 0 Å². The number of anilines is 2. The Bertz CT molecular complexity index is 703. The van der Waals surface area contributed by atoms with Gasteiger partial charge in [-0.25, -0.2) is 4.98 Å². The van der Waals surface area contributed by atoms with Gasteiger partial charge in [0.2, 0.25) is 5.95 Å². The molecule has 5 N–H and O–H groups in total. The topological polar surface area (TPSA) is 126 Å². The standard InChI is InChI=1S/C16H20N6O2/c17-16-21-13(11-6-12(23)7-11)8-14(22-16)19-4-5-20-15(24)10-2-1-3-18-9-10/h1-3,8-9,11-12,23H,4-7H2,(H,20,24)(H3,17,19,21,22). The number of nitrogens with one attached hydrogen (secondary N) is 2. The normalized spacial score (nSPS) is 19.4. The molecule has 0 atom stereocenters. The zero-order valence-electron chi connectivity index (χ0n) is 13.1. The van der Waals surface area contributed by atoms with Gasteiger partial charge in [-0.1, -0.05) is 0 Å². The molecule has 3 rings (SSSR count). The maximum Gasteiger partial charge on any atom is 0.252 e. The Morgan fingerprint density at radius 3 is 2.88 bits per heavy atom. The first-order chi connectivity index (χ1) is 11.6. The number of rotatable bonds is 6. The van der Waals surface area contributed by atoms with E-state index in [4.69, 9.17) is 5.73 Å². The molecular formula is C16H20N6O2.